The van der Waals surface area contributed by atoms with Gasteiger partial charge < -0.3 is 9.51 Å². The number of hydrogen-bond donors (Lipinski definition) is 1. The summed E-state index contributed by atoms with van der Waals surface area (Å²) in [5, 5.41) is 10.5. The molecule has 0 saturated carbocycles. The van der Waals surface area contributed by atoms with Gasteiger partial charge in [0.15, 0.2) is 0 Å². The molecular weight excluding hydrogens is 272 g/mol. The van der Waals surface area contributed by atoms with E-state index in [1.165, 1.54) is 11.1 Å². The summed E-state index contributed by atoms with van der Waals surface area (Å²) < 4.78 is 2.03. The fourth-order valence-corrected chi connectivity index (χ4v) is 2.96. The fourth-order valence-electron chi connectivity index (χ4n) is 2.96. The number of hydrogen-bond acceptors (Lipinski definition) is 2. The molecule has 1 atom stereocenters. The van der Waals surface area contributed by atoms with Gasteiger partial charge in [0.05, 0.1) is 17.5 Å². The number of aromatic nitrogens is 2. The van der Waals surface area contributed by atoms with Crippen molar-refractivity contribution in [1.82, 2.24) is 9.38 Å². The second-order valence-electron chi connectivity index (χ2n) is 6.02. The van der Waals surface area contributed by atoms with Crippen LogP contribution in [0.2, 0.25) is 0 Å². The molecule has 0 amide bonds. The van der Waals surface area contributed by atoms with Crippen molar-refractivity contribution >= 4 is 5.65 Å². The molecule has 0 bridgehead atoms. The van der Waals surface area contributed by atoms with E-state index in [4.69, 9.17) is 4.98 Å². The molecule has 22 heavy (non-hydrogen) atoms. The average Bonchev–Trinajstić information content (AvgIpc) is 2.84. The van der Waals surface area contributed by atoms with Crippen molar-refractivity contribution in [3.63, 3.8) is 0 Å². The van der Waals surface area contributed by atoms with E-state index in [0.29, 0.717) is 6.42 Å². The van der Waals surface area contributed by atoms with Crippen LogP contribution in [0.5, 0.6) is 0 Å². The SMILES string of the molecule is CCC(O)c1c(-c2ccc(C)cc2C)nc2ccc(C)cn12. The number of nitrogens with zero attached hydrogens (tertiary/aromatic N) is 2. The number of imidazole rings is 1. The molecule has 0 fully saturated rings. The number of aryl methyl sites for hydroxylation is 3. The predicted octanol–water partition coefficient (Wildman–Crippen LogP) is 4.37. The van der Waals surface area contributed by atoms with E-state index in [-0.39, 0.29) is 0 Å². The Morgan fingerprint density at radius 3 is 2.50 bits per heavy atom. The average molecular weight is 294 g/mol. The summed E-state index contributed by atoms with van der Waals surface area (Å²) in [4.78, 5) is 4.79. The molecule has 1 unspecified atom stereocenters. The van der Waals surface area contributed by atoms with Crippen molar-refractivity contribution in [2.75, 3.05) is 0 Å². The van der Waals surface area contributed by atoms with Crippen LogP contribution in [0.4, 0.5) is 0 Å². The first-order chi connectivity index (χ1) is 10.5. The second kappa shape index (κ2) is 5.58. The molecule has 0 aliphatic rings. The number of pyridine rings is 1. The molecule has 0 radical (unpaired) electrons. The summed E-state index contributed by atoms with van der Waals surface area (Å²) >= 11 is 0. The predicted molar refractivity (Wildman–Crippen MR) is 90.1 cm³/mol. The lowest BCUT2D eigenvalue weighted by Gasteiger charge is -2.12. The minimum atomic E-state index is -0.521. The largest absolute Gasteiger partial charge is 0.387 e. The molecule has 1 N–H and O–H groups in total. The highest BCUT2D eigenvalue weighted by Crippen LogP contribution is 2.32. The van der Waals surface area contributed by atoms with E-state index in [1.54, 1.807) is 0 Å². The molecule has 3 rings (SSSR count). The minimum absolute atomic E-state index is 0.521. The molecule has 3 heteroatoms. The summed E-state index contributed by atoms with van der Waals surface area (Å²) in [6, 6.07) is 10.4. The van der Waals surface area contributed by atoms with Crippen molar-refractivity contribution in [2.24, 2.45) is 0 Å². The lowest BCUT2D eigenvalue weighted by atomic mass is 10.00. The van der Waals surface area contributed by atoms with Gasteiger partial charge in [-0.3, -0.25) is 0 Å². The maximum Gasteiger partial charge on any atom is 0.137 e. The number of benzene rings is 1. The molecule has 0 aliphatic heterocycles. The van der Waals surface area contributed by atoms with Crippen LogP contribution in [-0.4, -0.2) is 14.5 Å². The highest BCUT2D eigenvalue weighted by molar-refractivity contribution is 5.70. The van der Waals surface area contributed by atoms with Crippen molar-refractivity contribution in [3.8, 4) is 11.3 Å². The Hall–Kier alpha value is -2.13. The summed E-state index contributed by atoms with van der Waals surface area (Å²) in [6.07, 6.45) is 2.19. The Morgan fingerprint density at radius 1 is 1.09 bits per heavy atom. The summed E-state index contributed by atoms with van der Waals surface area (Å²) in [7, 11) is 0. The van der Waals surface area contributed by atoms with Gasteiger partial charge in [-0.2, -0.15) is 0 Å². The first-order valence-corrected chi connectivity index (χ1v) is 7.75. The highest BCUT2D eigenvalue weighted by Gasteiger charge is 2.20. The third-order valence-corrected chi connectivity index (χ3v) is 4.14. The van der Waals surface area contributed by atoms with E-state index < -0.39 is 6.10 Å². The number of fused-ring (bicyclic) bond motifs is 1. The Bertz CT molecular complexity index is 833. The van der Waals surface area contributed by atoms with Gasteiger partial charge in [0.2, 0.25) is 0 Å². The maximum atomic E-state index is 10.5. The zero-order valence-corrected chi connectivity index (χ0v) is 13.6. The second-order valence-corrected chi connectivity index (χ2v) is 6.02. The van der Waals surface area contributed by atoms with Crippen molar-refractivity contribution in [3.05, 3.63) is 58.9 Å². The molecule has 0 spiro atoms. The monoisotopic (exact) mass is 294 g/mol. The minimum Gasteiger partial charge on any atom is -0.387 e. The van der Waals surface area contributed by atoms with E-state index in [2.05, 4.69) is 45.0 Å². The summed E-state index contributed by atoms with van der Waals surface area (Å²) in [5.41, 5.74) is 7.31. The Kier molecular flexibility index (Phi) is 3.75. The van der Waals surface area contributed by atoms with Crippen LogP contribution in [0.1, 0.15) is 41.8 Å². The maximum absolute atomic E-state index is 10.5. The normalized spacial score (nSPS) is 12.8. The smallest absolute Gasteiger partial charge is 0.137 e. The van der Waals surface area contributed by atoms with Gasteiger partial charge in [0.25, 0.3) is 0 Å². The van der Waals surface area contributed by atoms with Crippen molar-refractivity contribution in [2.45, 2.75) is 40.2 Å². The quantitative estimate of drug-likeness (QED) is 0.779. The van der Waals surface area contributed by atoms with Crippen LogP contribution in [0, 0.1) is 20.8 Å². The van der Waals surface area contributed by atoms with Crippen LogP contribution < -0.4 is 0 Å². The van der Waals surface area contributed by atoms with Gasteiger partial charge in [-0.15, -0.1) is 0 Å². The van der Waals surface area contributed by atoms with Crippen molar-refractivity contribution < 1.29 is 5.11 Å². The molecule has 0 aliphatic carbocycles. The molecule has 3 aromatic rings. The van der Waals surface area contributed by atoms with E-state index in [0.717, 1.165) is 28.2 Å². The highest BCUT2D eigenvalue weighted by atomic mass is 16.3. The first kappa shape index (κ1) is 14.8. The molecular formula is C19H22N2O. The molecule has 2 aromatic heterocycles. The fraction of sp³-hybridized carbons (Fsp3) is 0.316. The first-order valence-electron chi connectivity index (χ1n) is 7.75. The van der Waals surface area contributed by atoms with Gasteiger partial charge in [-0.25, -0.2) is 4.98 Å². The topological polar surface area (TPSA) is 37.5 Å². The molecule has 114 valence electrons. The van der Waals surface area contributed by atoms with E-state index in [1.807, 2.05) is 23.6 Å². The van der Waals surface area contributed by atoms with Crippen LogP contribution in [0.15, 0.2) is 36.5 Å². The third kappa shape index (κ3) is 2.42. The number of rotatable bonds is 3. The van der Waals surface area contributed by atoms with Gasteiger partial charge in [-0.1, -0.05) is 36.8 Å². The molecule has 2 heterocycles. The van der Waals surface area contributed by atoms with E-state index in [9.17, 15) is 5.11 Å². The van der Waals surface area contributed by atoms with Crippen LogP contribution >= 0.6 is 0 Å². The van der Waals surface area contributed by atoms with Crippen LogP contribution in [0.25, 0.3) is 16.9 Å². The van der Waals surface area contributed by atoms with Gasteiger partial charge in [0, 0.05) is 11.8 Å². The number of aliphatic hydroxyl groups excluding tert-OH is 1. The van der Waals surface area contributed by atoms with E-state index >= 15 is 0 Å². The van der Waals surface area contributed by atoms with Crippen LogP contribution in [0.3, 0.4) is 0 Å². The standard InChI is InChI=1S/C19H22N2O/c1-5-16(22)19-18(15-8-6-12(2)10-14(15)4)20-17-9-7-13(3)11-21(17)19/h6-11,16,22H,5H2,1-4H3. The lowest BCUT2D eigenvalue weighted by Crippen LogP contribution is -2.03. The zero-order valence-electron chi connectivity index (χ0n) is 13.6. The van der Waals surface area contributed by atoms with Gasteiger partial charge in [0.1, 0.15) is 5.65 Å². The van der Waals surface area contributed by atoms with Crippen LogP contribution in [-0.2, 0) is 0 Å². The Balaban J connectivity index is 2.32. The summed E-state index contributed by atoms with van der Waals surface area (Å²) in [6.45, 7) is 8.23. The third-order valence-electron chi connectivity index (χ3n) is 4.14. The Labute approximate surface area is 131 Å². The molecule has 3 nitrogen and oxygen atoms in total. The van der Waals surface area contributed by atoms with Gasteiger partial charge in [-0.05, 0) is 44.4 Å². The van der Waals surface area contributed by atoms with Gasteiger partial charge >= 0.3 is 0 Å². The zero-order chi connectivity index (χ0) is 15.9. The molecule has 1 aromatic carbocycles. The summed E-state index contributed by atoms with van der Waals surface area (Å²) in [5.74, 6) is 0. The lowest BCUT2D eigenvalue weighted by molar-refractivity contribution is 0.168. The molecule has 0 saturated heterocycles. The Morgan fingerprint density at radius 2 is 1.82 bits per heavy atom. The van der Waals surface area contributed by atoms with Crippen molar-refractivity contribution in [1.29, 1.82) is 0 Å². The number of aliphatic hydroxyl groups is 1.